The Morgan fingerprint density at radius 1 is 1.53 bits per heavy atom. The van der Waals surface area contributed by atoms with Crippen LogP contribution < -0.4 is 5.32 Å². The van der Waals surface area contributed by atoms with Gasteiger partial charge in [-0.3, -0.25) is 0 Å². The maximum absolute atomic E-state index is 4.04. The van der Waals surface area contributed by atoms with Crippen LogP contribution in [0.5, 0.6) is 0 Å². The van der Waals surface area contributed by atoms with Gasteiger partial charge in [0.1, 0.15) is 17.0 Å². The summed E-state index contributed by atoms with van der Waals surface area (Å²) < 4.78 is 5.77. The van der Waals surface area contributed by atoms with Crippen molar-refractivity contribution in [1.82, 2.24) is 24.4 Å². The molecule has 0 saturated carbocycles. The fourth-order valence-corrected chi connectivity index (χ4v) is 2.47. The fourth-order valence-electron chi connectivity index (χ4n) is 1.03. The van der Waals surface area contributed by atoms with Gasteiger partial charge in [0.15, 0.2) is 5.16 Å². The Morgan fingerprint density at radius 2 is 2.40 bits per heavy atom. The predicted molar refractivity (Wildman–Crippen MR) is 60.0 cm³/mol. The molecule has 15 heavy (non-hydrogen) atoms. The molecule has 0 amide bonds. The number of thioether (sulfide) groups is 1. The first-order valence-electron chi connectivity index (χ1n) is 4.27. The molecule has 0 bridgehead atoms. The van der Waals surface area contributed by atoms with Gasteiger partial charge < -0.3 is 9.88 Å². The van der Waals surface area contributed by atoms with E-state index in [1.54, 1.807) is 18.1 Å². The van der Waals surface area contributed by atoms with Crippen molar-refractivity contribution in [2.75, 3.05) is 12.4 Å². The highest BCUT2D eigenvalue weighted by Crippen LogP contribution is 2.25. The number of aromatic nitrogens is 5. The molecule has 0 aliphatic rings. The van der Waals surface area contributed by atoms with Gasteiger partial charge in [0, 0.05) is 31.4 Å². The van der Waals surface area contributed by atoms with Crippen LogP contribution in [0.1, 0.15) is 5.69 Å². The number of hydrogen-bond acceptors (Lipinski definition) is 7. The van der Waals surface area contributed by atoms with Gasteiger partial charge >= 0.3 is 0 Å². The monoisotopic (exact) mass is 242 g/mol. The summed E-state index contributed by atoms with van der Waals surface area (Å²) in [5.41, 5.74) is 0.954. The van der Waals surface area contributed by atoms with Crippen molar-refractivity contribution in [3.8, 4) is 0 Å². The summed E-state index contributed by atoms with van der Waals surface area (Å²) in [7, 11) is 3.78. The third-order valence-corrected chi connectivity index (χ3v) is 3.62. The summed E-state index contributed by atoms with van der Waals surface area (Å²) in [5.74, 6) is 0.749. The number of nitrogens with one attached hydrogen (secondary N) is 1. The molecular weight excluding hydrogens is 232 g/mol. The lowest BCUT2D eigenvalue weighted by Gasteiger charge is -1.99. The highest BCUT2D eigenvalue weighted by atomic mass is 32.2. The molecule has 0 aliphatic heterocycles. The molecule has 0 radical (unpaired) electrons. The minimum atomic E-state index is 0.749. The maximum atomic E-state index is 4.04. The average Bonchev–Trinajstić information content (AvgIpc) is 2.83. The lowest BCUT2D eigenvalue weighted by Crippen LogP contribution is -1.93. The van der Waals surface area contributed by atoms with E-state index in [1.807, 2.05) is 18.7 Å². The summed E-state index contributed by atoms with van der Waals surface area (Å²) in [6.45, 7) is 0. The molecule has 0 aliphatic carbocycles. The van der Waals surface area contributed by atoms with Crippen LogP contribution in [0.2, 0.25) is 0 Å². The smallest absolute Gasteiger partial charge is 0.191 e. The zero-order valence-corrected chi connectivity index (χ0v) is 9.97. The lowest BCUT2D eigenvalue weighted by atomic mass is 10.5. The van der Waals surface area contributed by atoms with Crippen LogP contribution in [-0.2, 0) is 12.8 Å². The number of anilines is 1. The van der Waals surface area contributed by atoms with E-state index in [4.69, 9.17) is 0 Å². The molecule has 0 unspecified atom stereocenters. The van der Waals surface area contributed by atoms with Crippen molar-refractivity contribution in [1.29, 1.82) is 0 Å². The quantitative estimate of drug-likeness (QED) is 0.807. The first kappa shape index (κ1) is 10.4. The molecule has 80 valence electrons. The van der Waals surface area contributed by atoms with Crippen LogP contribution >= 0.6 is 23.3 Å². The first-order valence-corrected chi connectivity index (χ1v) is 6.03. The van der Waals surface area contributed by atoms with Crippen LogP contribution in [0.15, 0.2) is 11.5 Å². The standard InChI is InChI=1S/C7H10N6S2/c1-8-6-5(10-12-15-6)3-14-7-11-9-4-13(7)2/h4,8H,3H2,1-2H3. The predicted octanol–water partition coefficient (Wildman–Crippen LogP) is 1.00. The van der Waals surface area contributed by atoms with E-state index in [2.05, 4.69) is 25.1 Å². The lowest BCUT2D eigenvalue weighted by molar-refractivity contribution is 0.788. The van der Waals surface area contributed by atoms with Gasteiger partial charge in [0.2, 0.25) is 0 Å². The van der Waals surface area contributed by atoms with Crippen molar-refractivity contribution in [2.45, 2.75) is 10.9 Å². The molecule has 2 rings (SSSR count). The van der Waals surface area contributed by atoms with Crippen LogP contribution in [-0.4, -0.2) is 31.4 Å². The SMILES string of the molecule is CNc1snnc1CSc1nncn1C. The Labute approximate surface area is 95.3 Å². The molecule has 0 atom stereocenters. The third kappa shape index (κ3) is 2.26. The van der Waals surface area contributed by atoms with Gasteiger partial charge in [0.25, 0.3) is 0 Å². The Balaban J connectivity index is 2.02. The minimum Gasteiger partial charge on any atom is -0.377 e. The van der Waals surface area contributed by atoms with Gasteiger partial charge in [-0.1, -0.05) is 16.3 Å². The van der Waals surface area contributed by atoms with Gasteiger partial charge in [0.05, 0.1) is 0 Å². The van der Waals surface area contributed by atoms with Crippen LogP contribution in [0.3, 0.4) is 0 Å². The van der Waals surface area contributed by atoms with E-state index in [-0.39, 0.29) is 0 Å². The molecular formula is C7H10N6S2. The molecule has 8 heteroatoms. The molecule has 2 heterocycles. The van der Waals surface area contributed by atoms with Gasteiger partial charge in [-0.05, 0) is 0 Å². The molecule has 0 saturated heterocycles. The number of nitrogens with zero attached hydrogens (tertiary/aromatic N) is 5. The van der Waals surface area contributed by atoms with Crippen LogP contribution in [0.4, 0.5) is 5.00 Å². The summed E-state index contributed by atoms with van der Waals surface area (Å²) in [6.07, 6.45) is 1.68. The van der Waals surface area contributed by atoms with Gasteiger partial charge in [-0.15, -0.1) is 15.3 Å². The van der Waals surface area contributed by atoms with E-state index >= 15 is 0 Å². The minimum absolute atomic E-state index is 0.749. The van der Waals surface area contributed by atoms with Crippen molar-refractivity contribution >= 4 is 28.3 Å². The van der Waals surface area contributed by atoms with E-state index in [1.165, 1.54) is 11.5 Å². The Kier molecular flexibility index (Phi) is 3.17. The third-order valence-electron chi connectivity index (χ3n) is 1.79. The van der Waals surface area contributed by atoms with Gasteiger partial charge in [-0.2, -0.15) is 0 Å². The number of rotatable bonds is 4. The molecule has 2 aromatic rings. The number of aryl methyl sites for hydroxylation is 1. The molecule has 6 nitrogen and oxygen atoms in total. The fraction of sp³-hybridized carbons (Fsp3) is 0.429. The molecule has 1 N–H and O–H groups in total. The zero-order valence-electron chi connectivity index (χ0n) is 8.34. The van der Waals surface area contributed by atoms with E-state index in [9.17, 15) is 0 Å². The average molecular weight is 242 g/mol. The van der Waals surface area contributed by atoms with Gasteiger partial charge in [-0.25, -0.2) is 0 Å². The largest absolute Gasteiger partial charge is 0.377 e. The topological polar surface area (TPSA) is 68.5 Å². The van der Waals surface area contributed by atoms with E-state index in [0.717, 1.165) is 21.6 Å². The van der Waals surface area contributed by atoms with Crippen LogP contribution in [0, 0.1) is 0 Å². The molecule has 0 spiro atoms. The summed E-state index contributed by atoms with van der Waals surface area (Å²) in [4.78, 5) is 0. The van der Waals surface area contributed by atoms with E-state index in [0.29, 0.717) is 0 Å². The second kappa shape index (κ2) is 4.58. The molecule has 2 aromatic heterocycles. The van der Waals surface area contributed by atoms with Crippen molar-refractivity contribution < 1.29 is 0 Å². The summed E-state index contributed by atoms with van der Waals surface area (Å²) in [5, 5.41) is 16.8. The summed E-state index contributed by atoms with van der Waals surface area (Å²) >= 11 is 2.96. The molecule has 0 fully saturated rings. The van der Waals surface area contributed by atoms with Crippen molar-refractivity contribution in [3.63, 3.8) is 0 Å². The molecule has 0 aromatic carbocycles. The highest BCUT2D eigenvalue weighted by Gasteiger charge is 2.08. The normalized spacial score (nSPS) is 10.5. The zero-order chi connectivity index (χ0) is 10.7. The second-order valence-corrected chi connectivity index (χ2v) is 4.51. The first-order chi connectivity index (χ1) is 7.31. The Bertz CT molecular complexity index is 436. The second-order valence-electron chi connectivity index (χ2n) is 2.81. The highest BCUT2D eigenvalue weighted by molar-refractivity contribution is 7.98. The summed E-state index contributed by atoms with van der Waals surface area (Å²) in [6, 6.07) is 0. The van der Waals surface area contributed by atoms with Crippen molar-refractivity contribution in [3.05, 3.63) is 12.0 Å². The Morgan fingerprint density at radius 3 is 3.07 bits per heavy atom. The van der Waals surface area contributed by atoms with E-state index < -0.39 is 0 Å². The number of hydrogen-bond donors (Lipinski definition) is 1. The van der Waals surface area contributed by atoms with Crippen LogP contribution in [0.25, 0.3) is 0 Å². The Hall–Kier alpha value is -1.15. The van der Waals surface area contributed by atoms with Crippen molar-refractivity contribution in [2.24, 2.45) is 7.05 Å². The maximum Gasteiger partial charge on any atom is 0.191 e.